The van der Waals surface area contributed by atoms with E-state index in [4.69, 9.17) is 9.47 Å². The molecule has 1 saturated heterocycles. The smallest absolute Gasteiger partial charge is 0.410 e. The largest absolute Gasteiger partial charge is 0.489 e. The fourth-order valence-corrected chi connectivity index (χ4v) is 2.63. The fourth-order valence-electron chi connectivity index (χ4n) is 2.29. The molecule has 1 fully saturated rings. The van der Waals surface area contributed by atoms with E-state index in [2.05, 4.69) is 20.9 Å². The third kappa shape index (κ3) is 4.09. The van der Waals surface area contributed by atoms with Gasteiger partial charge in [0.25, 0.3) is 0 Å². The van der Waals surface area contributed by atoms with E-state index in [0.29, 0.717) is 12.4 Å². The molecule has 2 unspecified atom stereocenters. The summed E-state index contributed by atoms with van der Waals surface area (Å²) < 4.78 is 12.0. The molecular formula is C15H21BrN2O3. The summed E-state index contributed by atoms with van der Waals surface area (Å²) >= 11 is 3.41. The van der Waals surface area contributed by atoms with Gasteiger partial charge in [-0.25, -0.2) is 4.79 Å². The summed E-state index contributed by atoms with van der Waals surface area (Å²) in [5.41, 5.74) is -0.482. The van der Waals surface area contributed by atoms with Gasteiger partial charge in [0.05, 0.1) is 16.7 Å². The zero-order valence-corrected chi connectivity index (χ0v) is 14.4. The molecule has 116 valence electrons. The lowest BCUT2D eigenvalue weighted by molar-refractivity contribution is -0.0375. The fraction of sp³-hybridized carbons (Fsp3) is 0.600. The number of hydrogen-bond donors (Lipinski definition) is 0. The molecule has 0 N–H and O–H groups in total. The van der Waals surface area contributed by atoms with Crippen LogP contribution in [-0.2, 0) is 4.74 Å². The number of carbonyl (C=O) groups is 1. The molecule has 2 heterocycles. The van der Waals surface area contributed by atoms with Crippen LogP contribution in [0.4, 0.5) is 4.79 Å². The van der Waals surface area contributed by atoms with Crippen LogP contribution in [0.5, 0.6) is 5.75 Å². The molecule has 21 heavy (non-hydrogen) atoms. The van der Waals surface area contributed by atoms with Gasteiger partial charge in [-0.15, -0.1) is 0 Å². The molecule has 1 aliphatic rings. The van der Waals surface area contributed by atoms with E-state index in [1.807, 2.05) is 33.8 Å². The van der Waals surface area contributed by atoms with Crippen molar-refractivity contribution < 1.29 is 14.3 Å². The van der Waals surface area contributed by atoms with Crippen molar-refractivity contribution in [3.8, 4) is 5.75 Å². The van der Waals surface area contributed by atoms with Crippen molar-refractivity contribution in [3.05, 3.63) is 22.9 Å². The van der Waals surface area contributed by atoms with E-state index >= 15 is 0 Å². The van der Waals surface area contributed by atoms with E-state index in [-0.39, 0.29) is 18.2 Å². The lowest BCUT2D eigenvalue weighted by Crippen LogP contribution is -2.60. The van der Waals surface area contributed by atoms with Crippen molar-refractivity contribution in [1.29, 1.82) is 0 Å². The van der Waals surface area contributed by atoms with Crippen molar-refractivity contribution >= 4 is 22.0 Å². The second-order valence-electron chi connectivity index (χ2n) is 6.24. The first-order valence-corrected chi connectivity index (χ1v) is 7.81. The highest BCUT2D eigenvalue weighted by molar-refractivity contribution is 9.10. The molecule has 5 nitrogen and oxygen atoms in total. The Hall–Kier alpha value is -1.30. The molecule has 1 aromatic heterocycles. The van der Waals surface area contributed by atoms with Crippen molar-refractivity contribution in [1.82, 2.24) is 9.88 Å². The summed E-state index contributed by atoms with van der Waals surface area (Å²) in [4.78, 5) is 17.9. The molecule has 0 aromatic carbocycles. The lowest BCUT2D eigenvalue weighted by Gasteiger charge is -2.46. The standard InChI is InChI=1S/C15H21BrN2O3/c1-10-7-11(18(10)14(19)21-15(2,3)4)9-20-13-8-17-6-5-12(13)16/h5-6,8,10-11H,7,9H2,1-4H3. The summed E-state index contributed by atoms with van der Waals surface area (Å²) in [6.07, 6.45) is 3.98. The molecule has 1 aromatic rings. The van der Waals surface area contributed by atoms with Gasteiger partial charge in [-0.3, -0.25) is 9.88 Å². The number of ether oxygens (including phenoxy) is 2. The van der Waals surface area contributed by atoms with Gasteiger partial charge in [0.2, 0.25) is 0 Å². The number of hydrogen-bond acceptors (Lipinski definition) is 4. The summed E-state index contributed by atoms with van der Waals surface area (Å²) in [5, 5.41) is 0. The number of likely N-dealkylation sites (tertiary alicyclic amines) is 1. The summed E-state index contributed by atoms with van der Waals surface area (Å²) in [7, 11) is 0. The van der Waals surface area contributed by atoms with Gasteiger partial charge in [-0.2, -0.15) is 0 Å². The predicted octanol–water partition coefficient (Wildman–Crippen LogP) is 3.62. The maximum absolute atomic E-state index is 12.2. The second-order valence-corrected chi connectivity index (χ2v) is 7.10. The number of rotatable bonds is 3. The van der Waals surface area contributed by atoms with Crippen LogP contribution in [-0.4, -0.2) is 40.3 Å². The summed E-state index contributed by atoms with van der Waals surface area (Å²) in [6.45, 7) is 8.06. The second kappa shape index (κ2) is 6.22. The number of halogens is 1. The number of amides is 1. The highest BCUT2D eigenvalue weighted by Gasteiger charge is 2.41. The summed E-state index contributed by atoms with van der Waals surface area (Å²) in [6, 6.07) is 2.05. The van der Waals surface area contributed by atoms with Crippen LogP contribution in [0, 0.1) is 0 Å². The van der Waals surface area contributed by atoms with Crippen LogP contribution in [0.2, 0.25) is 0 Å². The van der Waals surface area contributed by atoms with E-state index in [9.17, 15) is 4.79 Å². The zero-order chi connectivity index (χ0) is 15.6. The van der Waals surface area contributed by atoms with Gasteiger partial charge < -0.3 is 9.47 Å². The van der Waals surface area contributed by atoms with Gasteiger partial charge in [-0.05, 0) is 56.1 Å². The van der Waals surface area contributed by atoms with Crippen LogP contribution in [0.3, 0.4) is 0 Å². The Morgan fingerprint density at radius 1 is 1.52 bits per heavy atom. The molecule has 0 aliphatic carbocycles. The van der Waals surface area contributed by atoms with E-state index in [1.165, 1.54) is 0 Å². The molecule has 0 radical (unpaired) electrons. The number of aromatic nitrogens is 1. The molecule has 2 atom stereocenters. The van der Waals surface area contributed by atoms with Gasteiger partial charge in [0, 0.05) is 12.2 Å². The Bertz CT molecular complexity index is 516. The van der Waals surface area contributed by atoms with Crippen molar-refractivity contribution in [2.24, 2.45) is 0 Å². The minimum atomic E-state index is -0.482. The monoisotopic (exact) mass is 356 g/mol. The minimum Gasteiger partial charge on any atom is -0.489 e. The van der Waals surface area contributed by atoms with Gasteiger partial charge in [-0.1, -0.05) is 0 Å². The average molecular weight is 357 g/mol. The van der Waals surface area contributed by atoms with Crippen LogP contribution < -0.4 is 4.74 Å². The van der Waals surface area contributed by atoms with Gasteiger partial charge >= 0.3 is 6.09 Å². The zero-order valence-electron chi connectivity index (χ0n) is 12.8. The third-order valence-corrected chi connectivity index (χ3v) is 3.91. The molecule has 0 bridgehead atoms. The van der Waals surface area contributed by atoms with E-state index in [0.717, 1.165) is 10.9 Å². The van der Waals surface area contributed by atoms with E-state index < -0.39 is 5.60 Å². The minimum absolute atomic E-state index is 0.0435. The quantitative estimate of drug-likeness (QED) is 0.829. The topological polar surface area (TPSA) is 51.7 Å². The highest BCUT2D eigenvalue weighted by atomic mass is 79.9. The molecule has 0 spiro atoms. The number of nitrogens with zero attached hydrogens (tertiary/aromatic N) is 2. The van der Waals surface area contributed by atoms with Gasteiger partial charge in [0.15, 0.2) is 5.75 Å². The SMILES string of the molecule is CC1CC(COc2cnccc2Br)N1C(=O)OC(C)(C)C. The van der Waals surface area contributed by atoms with Crippen molar-refractivity contribution in [2.45, 2.75) is 51.8 Å². The first kappa shape index (κ1) is 16.1. The first-order chi connectivity index (χ1) is 9.78. The first-order valence-electron chi connectivity index (χ1n) is 7.01. The molecule has 1 amide bonds. The molecule has 1 aliphatic heterocycles. The molecule has 6 heteroatoms. The number of pyridine rings is 1. The maximum atomic E-state index is 12.2. The molecule has 2 rings (SSSR count). The Balaban J connectivity index is 1.92. The van der Waals surface area contributed by atoms with Crippen LogP contribution in [0.25, 0.3) is 0 Å². The molecular weight excluding hydrogens is 336 g/mol. The Kier molecular flexibility index (Phi) is 4.76. The highest BCUT2D eigenvalue weighted by Crippen LogP contribution is 2.30. The molecule has 0 saturated carbocycles. The van der Waals surface area contributed by atoms with E-state index in [1.54, 1.807) is 17.3 Å². The predicted molar refractivity (Wildman–Crippen MR) is 83.4 cm³/mol. The Morgan fingerprint density at radius 3 is 2.81 bits per heavy atom. The van der Waals surface area contributed by atoms with Crippen LogP contribution in [0.1, 0.15) is 34.1 Å². The average Bonchev–Trinajstić information content (AvgIpc) is 2.33. The van der Waals surface area contributed by atoms with Crippen molar-refractivity contribution in [3.63, 3.8) is 0 Å². The number of carbonyl (C=O) groups excluding carboxylic acids is 1. The lowest BCUT2D eigenvalue weighted by atomic mass is 9.95. The summed E-state index contributed by atoms with van der Waals surface area (Å²) in [5.74, 6) is 0.682. The van der Waals surface area contributed by atoms with Gasteiger partial charge in [0.1, 0.15) is 12.2 Å². The third-order valence-electron chi connectivity index (χ3n) is 3.25. The normalized spacial score (nSPS) is 21.7. The Morgan fingerprint density at radius 2 is 2.24 bits per heavy atom. The van der Waals surface area contributed by atoms with Crippen molar-refractivity contribution in [2.75, 3.05) is 6.61 Å². The Labute approximate surface area is 133 Å². The maximum Gasteiger partial charge on any atom is 0.410 e. The van der Waals surface area contributed by atoms with Crippen LogP contribution >= 0.6 is 15.9 Å². The van der Waals surface area contributed by atoms with Crippen LogP contribution in [0.15, 0.2) is 22.9 Å².